The molecule has 27 heavy (non-hydrogen) atoms. The number of hydrogen-bond donors (Lipinski definition) is 1. The minimum absolute atomic E-state index is 0.0687. The normalized spacial score (nSPS) is 23.2. The molecule has 1 N–H and O–H groups in total. The summed E-state index contributed by atoms with van der Waals surface area (Å²) >= 11 is 0. The fraction of sp³-hybridized carbons (Fsp3) is 0.524. The Morgan fingerprint density at radius 1 is 1.04 bits per heavy atom. The number of urea groups is 1. The van der Waals surface area contributed by atoms with Crippen LogP contribution < -0.4 is 5.32 Å². The molecule has 0 spiro atoms. The van der Waals surface area contributed by atoms with Gasteiger partial charge >= 0.3 is 6.03 Å². The molecule has 3 aliphatic rings. The van der Waals surface area contributed by atoms with Gasteiger partial charge in [-0.3, -0.25) is 9.69 Å². The van der Waals surface area contributed by atoms with Crippen molar-refractivity contribution in [3.63, 3.8) is 0 Å². The highest BCUT2D eigenvalue weighted by molar-refractivity contribution is 6.01. The average molecular weight is 368 g/mol. The molecule has 3 aliphatic heterocycles. The zero-order chi connectivity index (χ0) is 18.8. The molecule has 1 fully saturated rings. The summed E-state index contributed by atoms with van der Waals surface area (Å²) in [6.45, 7) is 7.13. The van der Waals surface area contributed by atoms with Crippen LogP contribution in [-0.2, 0) is 4.79 Å². The second-order valence-corrected chi connectivity index (χ2v) is 7.58. The average Bonchev–Trinajstić information content (AvgIpc) is 3.31. The molecule has 0 saturated carbocycles. The van der Waals surface area contributed by atoms with Gasteiger partial charge < -0.3 is 15.1 Å². The lowest BCUT2D eigenvalue weighted by Gasteiger charge is -2.33. The number of carbonyl (C=O) groups excluding carboxylic acids is 2. The van der Waals surface area contributed by atoms with Crippen molar-refractivity contribution >= 4 is 11.9 Å². The van der Waals surface area contributed by atoms with Crippen LogP contribution in [0.4, 0.5) is 4.79 Å². The summed E-state index contributed by atoms with van der Waals surface area (Å²) < 4.78 is 0. The molecule has 0 aromatic heterocycles. The van der Waals surface area contributed by atoms with Crippen LogP contribution in [0.25, 0.3) is 0 Å². The number of benzene rings is 1. The van der Waals surface area contributed by atoms with Gasteiger partial charge in [0.1, 0.15) is 0 Å². The molecule has 0 aliphatic carbocycles. The Morgan fingerprint density at radius 2 is 1.78 bits per heavy atom. The number of nitrogens with zero attached hydrogens (tertiary/aromatic N) is 3. The van der Waals surface area contributed by atoms with Crippen LogP contribution in [0.3, 0.4) is 0 Å². The first-order valence-corrected chi connectivity index (χ1v) is 10.1. The van der Waals surface area contributed by atoms with Gasteiger partial charge in [0.05, 0.1) is 23.9 Å². The predicted molar refractivity (Wildman–Crippen MR) is 104 cm³/mol. The number of carbonyl (C=O) groups is 2. The van der Waals surface area contributed by atoms with E-state index in [2.05, 4.69) is 17.1 Å². The van der Waals surface area contributed by atoms with Crippen molar-refractivity contribution in [2.24, 2.45) is 0 Å². The highest BCUT2D eigenvalue weighted by Crippen LogP contribution is 2.36. The summed E-state index contributed by atoms with van der Waals surface area (Å²) in [5.41, 5.74) is 2.60. The molecule has 4 rings (SSSR count). The van der Waals surface area contributed by atoms with Crippen molar-refractivity contribution in [1.29, 1.82) is 0 Å². The first kappa shape index (κ1) is 18.0. The minimum atomic E-state index is -0.355. The zero-order valence-corrected chi connectivity index (χ0v) is 16.0. The third-order valence-corrected chi connectivity index (χ3v) is 5.76. The largest absolute Gasteiger partial charge is 0.332 e. The van der Waals surface area contributed by atoms with E-state index in [0.29, 0.717) is 13.1 Å². The van der Waals surface area contributed by atoms with Crippen molar-refractivity contribution in [1.82, 2.24) is 20.0 Å². The first-order chi connectivity index (χ1) is 13.2. The Bertz CT molecular complexity index is 740. The van der Waals surface area contributed by atoms with Gasteiger partial charge in [0.25, 0.3) is 5.91 Å². The summed E-state index contributed by atoms with van der Waals surface area (Å²) in [4.78, 5) is 32.1. The molecule has 0 bridgehead atoms. The maximum atomic E-state index is 13.3. The summed E-state index contributed by atoms with van der Waals surface area (Å²) in [5, 5.41) is 3.06. The molecule has 6 nitrogen and oxygen atoms in total. The maximum Gasteiger partial charge on any atom is 0.322 e. The second kappa shape index (κ2) is 7.72. The molecule has 3 amide bonds. The first-order valence-electron chi connectivity index (χ1n) is 10.1. The molecule has 0 unspecified atom stereocenters. The Balaban J connectivity index is 1.59. The number of nitrogens with one attached hydrogen (secondary N) is 1. The van der Waals surface area contributed by atoms with Gasteiger partial charge in [-0.2, -0.15) is 0 Å². The molecular weight excluding hydrogens is 340 g/mol. The van der Waals surface area contributed by atoms with Gasteiger partial charge in [-0.05, 0) is 37.9 Å². The van der Waals surface area contributed by atoms with Gasteiger partial charge in [0.2, 0.25) is 0 Å². The molecule has 1 aromatic carbocycles. The van der Waals surface area contributed by atoms with Gasteiger partial charge in [0.15, 0.2) is 0 Å². The molecule has 1 saturated heterocycles. The minimum Gasteiger partial charge on any atom is -0.332 e. The highest BCUT2D eigenvalue weighted by Gasteiger charge is 2.43. The number of amides is 3. The third kappa shape index (κ3) is 3.46. The van der Waals surface area contributed by atoms with Crippen molar-refractivity contribution in [2.75, 3.05) is 39.3 Å². The Labute approximate surface area is 160 Å². The molecule has 6 heteroatoms. The van der Waals surface area contributed by atoms with Crippen LogP contribution in [-0.4, -0.2) is 65.9 Å². The molecular formula is C21H28N4O2. The van der Waals surface area contributed by atoms with Gasteiger partial charge in [-0.1, -0.05) is 37.3 Å². The van der Waals surface area contributed by atoms with Crippen LogP contribution in [0, 0.1) is 0 Å². The van der Waals surface area contributed by atoms with E-state index in [-0.39, 0.29) is 18.0 Å². The van der Waals surface area contributed by atoms with Crippen LogP contribution in [0.5, 0.6) is 0 Å². The third-order valence-electron chi connectivity index (χ3n) is 5.76. The lowest BCUT2D eigenvalue weighted by atomic mass is 9.95. The van der Waals surface area contributed by atoms with Crippen molar-refractivity contribution in [3.8, 4) is 0 Å². The fourth-order valence-electron chi connectivity index (χ4n) is 4.35. The van der Waals surface area contributed by atoms with E-state index in [4.69, 9.17) is 0 Å². The van der Waals surface area contributed by atoms with E-state index in [0.717, 1.165) is 49.4 Å². The van der Waals surface area contributed by atoms with Crippen molar-refractivity contribution in [2.45, 2.75) is 32.2 Å². The van der Waals surface area contributed by atoms with E-state index >= 15 is 0 Å². The predicted octanol–water partition coefficient (Wildman–Crippen LogP) is 2.36. The maximum absolute atomic E-state index is 13.3. The summed E-state index contributed by atoms with van der Waals surface area (Å²) in [5.74, 6) is 0.0687. The van der Waals surface area contributed by atoms with E-state index < -0.39 is 0 Å². The van der Waals surface area contributed by atoms with Gasteiger partial charge in [-0.25, -0.2) is 4.79 Å². The van der Waals surface area contributed by atoms with Crippen LogP contribution in [0.1, 0.15) is 37.8 Å². The second-order valence-electron chi connectivity index (χ2n) is 7.58. The Morgan fingerprint density at radius 3 is 2.48 bits per heavy atom. The monoisotopic (exact) mass is 368 g/mol. The summed E-state index contributed by atoms with van der Waals surface area (Å²) in [6.07, 6.45) is 3.37. The van der Waals surface area contributed by atoms with E-state index in [1.165, 1.54) is 12.8 Å². The van der Waals surface area contributed by atoms with Crippen LogP contribution >= 0.6 is 0 Å². The fourth-order valence-corrected chi connectivity index (χ4v) is 4.35. The summed E-state index contributed by atoms with van der Waals surface area (Å²) in [6, 6.07) is 9.35. The highest BCUT2D eigenvalue weighted by atomic mass is 16.2. The molecule has 144 valence electrons. The molecule has 3 heterocycles. The zero-order valence-electron chi connectivity index (χ0n) is 16.0. The Hall–Kier alpha value is -2.34. The van der Waals surface area contributed by atoms with Crippen LogP contribution in [0.2, 0.25) is 0 Å². The van der Waals surface area contributed by atoms with E-state index in [1.54, 1.807) is 4.90 Å². The number of rotatable bonds is 6. The van der Waals surface area contributed by atoms with Gasteiger partial charge in [0, 0.05) is 19.6 Å². The standard InChI is InChI=1S/C21H28N4O2/c1-2-10-25-17-15-24(14-13-23-11-6-7-12-23)20(26)18(17)19(22-21(25)27)16-8-4-3-5-9-16/h3-5,8-9,19H,2,6-7,10-15H2,1H3,(H,22,27)/t19-/m0/s1. The molecule has 1 aromatic rings. The SMILES string of the molecule is CCCN1C(=O)N[C@@H](c2ccccc2)C2=C1CN(CCN1CCCC1)C2=O. The lowest BCUT2D eigenvalue weighted by Crippen LogP contribution is -2.47. The van der Waals surface area contributed by atoms with E-state index in [1.807, 2.05) is 35.2 Å². The number of likely N-dealkylation sites (tertiary alicyclic amines) is 1. The topological polar surface area (TPSA) is 55.9 Å². The smallest absolute Gasteiger partial charge is 0.322 e. The van der Waals surface area contributed by atoms with Gasteiger partial charge in [-0.15, -0.1) is 0 Å². The molecule has 0 radical (unpaired) electrons. The van der Waals surface area contributed by atoms with Crippen LogP contribution in [0.15, 0.2) is 41.6 Å². The quantitative estimate of drug-likeness (QED) is 0.839. The Kier molecular flexibility index (Phi) is 5.16. The van der Waals surface area contributed by atoms with Crippen molar-refractivity contribution < 1.29 is 9.59 Å². The van der Waals surface area contributed by atoms with E-state index in [9.17, 15) is 9.59 Å². The summed E-state index contributed by atoms with van der Waals surface area (Å²) in [7, 11) is 0. The molecule has 1 atom stereocenters. The van der Waals surface area contributed by atoms with Crippen molar-refractivity contribution in [3.05, 3.63) is 47.2 Å². The lowest BCUT2D eigenvalue weighted by molar-refractivity contribution is -0.126. The number of hydrogen-bond acceptors (Lipinski definition) is 3.